The van der Waals surface area contributed by atoms with Gasteiger partial charge in [-0.1, -0.05) is 12.1 Å². The van der Waals surface area contributed by atoms with E-state index in [0.29, 0.717) is 24.1 Å². The molecule has 32 heavy (non-hydrogen) atoms. The van der Waals surface area contributed by atoms with Crippen molar-refractivity contribution in [1.82, 2.24) is 15.0 Å². The van der Waals surface area contributed by atoms with E-state index in [1.54, 1.807) is 18.5 Å². The number of hydrogen-bond donors (Lipinski definition) is 3. The highest BCUT2D eigenvalue weighted by Gasteiger charge is 2.25. The van der Waals surface area contributed by atoms with E-state index in [4.69, 9.17) is 0 Å². The second kappa shape index (κ2) is 8.01. The van der Waals surface area contributed by atoms with Crippen LogP contribution in [0.4, 0.5) is 11.5 Å². The molecular formula is C25H23N5O2. The smallest absolute Gasteiger partial charge is 0.255 e. The first-order valence-corrected chi connectivity index (χ1v) is 10.6. The van der Waals surface area contributed by atoms with Crippen molar-refractivity contribution in [2.24, 2.45) is 0 Å². The molecule has 3 heterocycles. The fourth-order valence-corrected chi connectivity index (χ4v) is 4.24. The van der Waals surface area contributed by atoms with Gasteiger partial charge in [0, 0.05) is 53.3 Å². The molecule has 7 heteroatoms. The molecule has 0 fully saturated rings. The van der Waals surface area contributed by atoms with Crippen LogP contribution in [0, 0.1) is 6.92 Å². The largest absolute Gasteiger partial charge is 0.388 e. The maximum absolute atomic E-state index is 13.0. The molecule has 0 radical (unpaired) electrons. The van der Waals surface area contributed by atoms with Crippen molar-refractivity contribution in [2.45, 2.75) is 25.9 Å². The van der Waals surface area contributed by atoms with Gasteiger partial charge in [-0.15, -0.1) is 0 Å². The number of aliphatic hydroxyl groups is 1. The van der Waals surface area contributed by atoms with Gasteiger partial charge in [0.25, 0.3) is 5.91 Å². The minimum Gasteiger partial charge on any atom is -0.388 e. The number of fused-ring (bicyclic) bond motifs is 2. The summed E-state index contributed by atoms with van der Waals surface area (Å²) in [7, 11) is 1.82. The van der Waals surface area contributed by atoms with Crippen molar-refractivity contribution in [3.05, 3.63) is 77.4 Å². The average molecular weight is 425 g/mol. The summed E-state index contributed by atoms with van der Waals surface area (Å²) in [6.07, 6.45) is 6.10. The predicted molar refractivity (Wildman–Crippen MR) is 125 cm³/mol. The molecule has 3 aromatic heterocycles. The molecule has 1 unspecified atom stereocenters. The number of hydrogen-bond acceptors (Lipinski definition) is 6. The Labute approximate surface area is 185 Å². The minimum absolute atomic E-state index is 0.201. The molecule has 160 valence electrons. The van der Waals surface area contributed by atoms with Crippen molar-refractivity contribution < 1.29 is 9.90 Å². The zero-order valence-corrected chi connectivity index (χ0v) is 17.9. The number of benzene rings is 1. The highest BCUT2D eigenvalue weighted by Crippen LogP contribution is 2.33. The maximum Gasteiger partial charge on any atom is 0.255 e. The van der Waals surface area contributed by atoms with Gasteiger partial charge in [-0.3, -0.25) is 14.8 Å². The number of nitrogens with zero attached hydrogens (tertiary/aromatic N) is 3. The molecule has 1 atom stereocenters. The zero-order chi connectivity index (χ0) is 22.2. The molecule has 0 saturated heterocycles. The van der Waals surface area contributed by atoms with E-state index < -0.39 is 6.10 Å². The van der Waals surface area contributed by atoms with E-state index in [0.717, 1.165) is 44.7 Å². The number of amides is 1. The van der Waals surface area contributed by atoms with Crippen LogP contribution in [0.5, 0.6) is 0 Å². The van der Waals surface area contributed by atoms with Gasteiger partial charge >= 0.3 is 0 Å². The van der Waals surface area contributed by atoms with E-state index in [2.05, 4.69) is 25.6 Å². The minimum atomic E-state index is -0.496. The van der Waals surface area contributed by atoms with Crippen LogP contribution < -0.4 is 10.6 Å². The fourth-order valence-electron chi connectivity index (χ4n) is 4.24. The lowest BCUT2D eigenvalue weighted by Crippen LogP contribution is -2.14. The van der Waals surface area contributed by atoms with E-state index in [-0.39, 0.29) is 5.91 Å². The first-order chi connectivity index (χ1) is 15.5. The van der Waals surface area contributed by atoms with Crippen molar-refractivity contribution in [1.29, 1.82) is 0 Å². The van der Waals surface area contributed by atoms with E-state index in [9.17, 15) is 9.90 Å². The highest BCUT2D eigenvalue weighted by molar-refractivity contribution is 6.06. The summed E-state index contributed by atoms with van der Waals surface area (Å²) < 4.78 is 0. The average Bonchev–Trinajstić information content (AvgIpc) is 3.20. The Hall–Kier alpha value is -3.84. The summed E-state index contributed by atoms with van der Waals surface area (Å²) in [5.41, 5.74) is 6.46. The van der Waals surface area contributed by atoms with Gasteiger partial charge in [0.1, 0.15) is 5.82 Å². The molecule has 3 N–H and O–H groups in total. The summed E-state index contributed by atoms with van der Waals surface area (Å²) in [5.74, 6) is 0.563. The van der Waals surface area contributed by atoms with Crippen LogP contribution in [0.1, 0.15) is 39.7 Å². The molecule has 1 aliphatic carbocycles. The number of carbonyl (C=O) groups excluding carboxylic acids is 1. The number of carbonyl (C=O) groups is 1. The normalized spacial score (nSPS) is 14.9. The van der Waals surface area contributed by atoms with Crippen molar-refractivity contribution >= 4 is 28.3 Å². The quantitative estimate of drug-likeness (QED) is 0.451. The maximum atomic E-state index is 13.0. The number of aromatic nitrogens is 3. The molecular weight excluding hydrogens is 402 g/mol. The fraction of sp³-hybridized carbons (Fsp3) is 0.200. The van der Waals surface area contributed by atoms with Crippen molar-refractivity contribution in [2.75, 3.05) is 17.7 Å². The molecule has 0 spiro atoms. The number of rotatable bonds is 4. The van der Waals surface area contributed by atoms with Gasteiger partial charge in [0.15, 0.2) is 0 Å². The third-order valence-corrected chi connectivity index (χ3v) is 5.96. The lowest BCUT2D eigenvalue weighted by molar-refractivity contribution is 0.102. The van der Waals surface area contributed by atoms with Gasteiger partial charge in [-0.25, -0.2) is 4.98 Å². The number of anilines is 2. The van der Waals surface area contributed by atoms with Crippen molar-refractivity contribution in [3.8, 4) is 11.1 Å². The van der Waals surface area contributed by atoms with E-state index in [1.807, 2.05) is 50.5 Å². The van der Waals surface area contributed by atoms with Crippen LogP contribution in [0.25, 0.3) is 22.0 Å². The van der Waals surface area contributed by atoms with Gasteiger partial charge < -0.3 is 15.7 Å². The number of pyridine rings is 3. The van der Waals surface area contributed by atoms with Crippen LogP contribution in [-0.4, -0.2) is 33.0 Å². The summed E-state index contributed by atoms with van der Waals surface area (Å²) in [6.45, 7) is 1.93. The van der Waals surface area contributed by atoms with Crippen molar-refractivity contribution in [3.63, 3.8) is 0 Å². The van der Waals surface area contributed by atoms with Crippen LogP contribution in [0.2, 0.25) is 0 Å². The van der Waals surface area contributed by atoms with E-state index in [1.165, 1.54) is 0 Å². The van der Waals surface area contributed by atoms with Crippen LogP contribution in [0.3, 0.4) is 0 Å². The molecule has 1 amide bonds. The monoisotopic (exact) mass is 425 g/mol. The highest BCUT2D eigenvalue weighted by atomic mass is 16.3. The lowest BCUT2D eigenvalue weighted by Gasteiger charge is -2.12. The summed E-state index contributed by atoms with van der Waals surface area (Å²) in [4.78, 5) is 26.4. The Kier molecular flexibility index (Phi) is 5.03. The Morgan fingerprint density at radius 2 is 1.97 bits per heavy atom. The lowest BCUT2D eigenvalue weighted by atomic mass is 10.0. The Balaban J connectivity index is 1.46. The van der Waals surface area contributed by atoms with Gasteiger partial charge in [0.2, 0.25) is 0 Å². The molecule has 4 aromatic rings. The standard InChI is InChI=1S/C25H23N5O2/c1-14-21(15-8-16-12-29-24(26-2)10-22(16)28-11-15)9-17(13-27-14)30-25(32)20-5-3-4-19-18(20)6-7-23(19)31/h3-5,8-13,23,31H,6-7H2,1-2H3,(H,26,29)(H,30,32). The molecule has 0 saturated carbocycles. The van der Waals surface area contributed by atoms with Gasteiger partial charge in [-0.2, -0.15) is 0 Å². The van der Waals surface area contributed by atoms with Crippen LogP contribution >= 0.6 is 0 Å². The summed E-state index contributed by atoms with van der Waals surface area (Å²) >= 11 is 0. The second-order valence-corrected chi connectivity index (χ2v) is 7.98. The Morgan fingerprint density at radius 3 is 2.81 bits per heavy atom. The molecule has 0 aliphatic heterocycles. The first-order valence-electron chi connectivity index (χ1n) is 10.6. The molecule has 5 rings (SSSR count). The SMILES string of the molecule is CNc1cc2ncc(-c3cc(NC(=O)c4cccc5c4CCC5O)cnc3C)cc2cn1. The molecule has 1 aromatic carbocycles. The second-order valence-electron chi connectivity index (χ2n) is 7.98. The third kappa shape index (κ3) is 3.56. The summed E-state index contributed by atoms with van der Waals surface area (Å²) in [5, 5.41) is 17.0. The number of aliphatic hydroxyl groups excluding tert-OH is 1. The van der Waals surface area contributed by atoms with Gasteiger partial charge in [0.05, 0.1) is 23.5 Å². The Morgan fingerprint density at radius 1 is 1.09 bits per heavy atom. The van der Waals surface area contributed by atoms with Crippen LogP contribution in [0.15, 0.2) is 55.0 Å². The van der Waals surface area contributed by atoms with E-state index >= 15 is 0 Å². The van der Waals surface area contributed by atoms with Crippen LogP contribution in [-0.2, 0) is 6.42 Å². The van der Waals surface area contributed by atoms with Gasteiger partial charge in [-0.05, 0) is 49.1 Å². The zero-order valence-electron chi connectivity index (χ0n) is 17.9. The number of nitrogens with one attached hydrogen (secondary N) is 2. The topological polar surface area (TPSA) is 100 Å². The molecule has 7 nitrogen and oxygen atoms in total. The first kappa shape index (κ1) is 20.1. The predicted octanol–water partition coefficient (Wildman–Crippen LogP) is 4.27. The molecule has 0 bridgehead atoms. The summed E-state index contributed by atoms with van der Waals surface area (Å²) in [6, 6.07) is 11.3. The number of aryl methyl sites for hydroxylation is 1. The third-order valence-electron chi connectivity index (χ3n) is 5.96. The molecule has 1 aliphatic rings. The Bertz CT molecular complexity index is 1350.